The summed E-state index contributed by atoms with van der Waals surface area (Å²) in [6.45, 7) is 2.88. The van der Waals surface area contributed by atoms with Gasteiger partial charge in [0, 0.05) is 10.9 Å². The van der Waals surface area contributed by atoms with Gasteiger partial charge in [-0.05, 0) is 37.3 Å². The van der Waals surface area contributed by atoms with E-state index in [9.17, 15) is 4.79 Å². The largest absolute Gasteiger partial charge is 0.486 e. The number of fused-ring (bicyclic) bond motifs is 1. The average molecular weight is 342 g/mol. The normalized spacial score (nSPS) is 12.9. The number of aromatic nitrogens is 1. The molecule has 0 radical (unpaired) electrons. The standard InChI is InChI=1S/C17H14N2O4S/c1-10-2-4-13(23-10)12-9-24-17(18-12)19-16(20)11-3-5-14-15(8-11)22-7-6-21-14/h2-5,8-9H,6-7H2,1H3,(H,18,19,20). The molecular weight excluding hydrogens is 328 g/mol. The molecular formula is C17H14N2O4S. The van der Waals surface area contributed by atoms with Crippen LogP contribution in [0.2, 0.25) is 0 Å². The van der Waals surface area contributed by atoms with E-state index in [0.29, 0.717) is 46.9 Å². The lowest BCUT2D eigenvalue weighted by atomic mass is 10.2. The summed E-state index contributed by atoms with van der Waals surface area (Å²) < 4.78 is 16.5. The maximum atomic E-state index is 12.4. The Morgan fingerprint density at radius 2 is 2.00 bits per heavy atom. The van der Waals surface area contributed by atoms with Crippen LogP contribution >= 0.6 is 11.3 Å². The fourth-order valence-electron chi connectivity index (χ4n) is 2.37. The third kappa shape index (κ3) is 2.85. The average Bonchev–Trinajstić information content (AvgIpc) is 3.23. The maximum Gasteiger partial charge on any atom is 0.257 e. The Hall–Kier alpha value is -2.80. The molecule has 1 aliphatic rings. The van der Waals surface area contributed by atoms with Gasteiger partial charge in [0.15, 0.2) is 22.4 Å². The number of nitrogens with zero attached hydrogens (tertiary/aromatic N) is 1. The Labute approximate surface area is 142 Å². The van der Waals surface area contributed by atoms with Crippen molar-refractivity contribution in [1.82, 2.24) is 4.98 Å². The molecule has 0 spiro atoms. The van der Waals surface area contributed by atoms with Gasteiger partial charge in [0.1, 0.15) is 24.7 Å². The molecule has 7 heteroatoms. The number of carbonyl (C=O) groups is 1. The molecule has 0 bridgehead atoms. The van der Waals surface area contributed by atoms with Gasteiger partial charge in [-0.3, -0.25) is 10.1 Å². The van der Waals surface area contributed by atoms with Crippen molar-refractivity contribution < 1.29 is 18.7 Å². The molecule has 6 nitrogen and oxygen atoms in total. The summed E-state index contributed by atoms with van der Waals surface area (Å²) in [5, 5.41) is 5.15. The third-order valence-electron chi connectivity index (χ3n) is 3.52. The second-order valence-corrected chi connectivity index (χ2v) is 6.12. The molecule has 1 N–H and O–H groups in total. The number of furan rings is 1. The number of rotatable bonds is 3. The third-order valence-corrected chi connectivity index (χ3v) is 4.28. The van der Waals surface area contributed by atoms with Crippen LogP contribution in [0.4, 0.5) is 5.13 Å². The molecule has 1 aliphatic heterocycles. The van der Waals surface area contributed by atoms with Gasteiger partial charge in [-0.15, -0.1) is 11.3 Å². The van der Waals surface area contributed by atoms with Gasteiger partial charge in [-0.1, -0.05) is 0 Å². The number of carbonyl (C=O) groups excluding carboxylic acids is 1. The molecule has 3 aromatic rings. The molecule has 4 rings (SSSR count). The number of aryl methyl sites for hydroxylation is 1. The second-order valence-electron chi connectivity index (χ2n) is 5.26. The highest BCUT2D eigenvalue weighted by molar-refractivity contribution is 7.14. The van der Waals surface area contributed by atoms with E-state index in [1.807, 2.05) is 24.4 Å². The number of anilines is 1. The van der Waals surface area contributed by atoms with E-state index in [4.69, 9.17) is 13.9 Å². The van der Waals surface area contributed by atoms with Crippen molar-refractivity contribution in [2.75, 3.05) is 18.5 Å². The van der Waals surface area contributed by atoms with Gasteiger partial charge in [-0.2, -0.15) is 0 Å². The molecule has 24 heavy (non-hydrogen) atoms. The number of nitrogens with one attached hydrogen (secondary N) is 1. The van der Waals surface area contributed by atoms with Gasteiger partial charge in [0.05, 0.1) is 0 Å². The number of hydrogen-bond donors (Lipinski definition) is 1. The minimum absolute atomic E-state index is 0.247. The monoisotopic (exact) mass is 342 g/mol. The summed E-state index contributed by atoms with van der Waals surface area (Å²) in [5.74, 6) is 2.49. The lowest BCUT2D eigenvalue weighted by Gasteiger charge is -2.18. The van der Waals surface area contributed by atoms with Crippen LogP contribution in [0.25, 0.3) is 11.5 Å². The van der Waals surface area contributed by atoms with Crippen molar-refractivity contribution >= 4 is 22.4 Å². The Morgan fingerprint density at radius 1 is 1.17 bits per heavy atom. The topological polar surface area (TPSA) is 73.6 Å². The minimum atomic E-state index is -0.247. The minimum Gasteiger partial charge on any atom is -0.486 e. The molecule has 2 aromatic heterocycles. The second kappa shape index (κ2) is 6.01. The van der Waals surface area contributed by atoms with Gasteiger partial charge in [0.25, 0.3) is 5.91 Å². The highest BCUT2D eigenvalue weighted by Gasteiger charge is 2.16. The lowest BCUT2D eigenvalue weighted by molar-refractivity contribution is 0.102. The summed E-state index contributed by atoms with van der Waals surface area (Å²) in [4.78, 5) is 16.8. The van der Waals surface area contributed by atoms with E-state index in [-0.39, 0.29) is 5.91 Å². The zero-order chi connectivity index (χ0) is 16.5. The molecule has 0 atom stereocenters. The molecule has 0 aliphatic carbocycles. The van der Waals surface area contributed by atoms with Crippen molar-refractivity contribution in [3.05, 3.63) is 47.0 Å². The highest BCUT2D eigenvalue weighted by Crippen LogP contribution is 2.31. The first-order valence-corrected chi connectivity index (χ1v) is 8.30. The van der Waals surface area contributed by atoms with Gasteiger partial charge >= 0.3 is 0 Å². The van der Waals surface area contributed by atoms with E-state index in [1.165, 1.54) is 11.3 Å². The zero-order valence-corrected chi connectivity index (χ0v) is 13.7. The van der Waals surface area contributed by atoms with Crippen LogP contribution in [0.1, 0.15) is 16.1 Å². The van der Waals surface area contributed by atoms with E-state index >= 15 is 0 Å². The molecule has 1 amide bonds. The van der Waals surface area contributed by atoms with Crippen LogP contribution in [0.15, 0.2) is 40.1 Å². The Bertz CT molecular complexity index is 900. The van der Waals surface area contributed by atoms with E-state index < -0.39 is 0 Å². The maximum absolute atomic E-state index is 12.4. The fraction of sp³-hybridized carbons (Fsp3) is 0.176. The van der Waals surface area contributed by atoms with Crippen LogP contribution in [0.3, 0.4) is 0 Å². The van der Waals surface area contributed by atoms with Gasteiger partial charge in [0.2, 0.25) is 0 Å². The van der Waals surface area contributed by atoms with Gasteiger partial charge in [-0.25, -0.2) is 4.98 Å². The predicted molar refractivity (Wildman–Crippen MR) is 89.9 cm³/mol. The first-order chi connectivity index (χ1) is 11.7. The van der Waals surface area contributed by atoms with Crippen molar-refractivity contribution in [2.45, 2.75) is 6.92 Å². The number of benzene rings is 1. The first-order valence-electron chi connectivity index (χ1n) is 7.42. The molecule has 122 valence electrons. The smallest absolute Gasteiger partial charge is 0.257 e. The number of ether oxygens (including phenoxy) is 2. The summed E-state index contributed by atoms with van der Waals surface area (Å²) >= 11 is 1.35. The number of hydrogen-bond acceptors (Lipinski definition) is 6. The van der Waals surface area contributed by atoms with Crippen molar-refractivity contribution in [2.24, 2.45) is 0 Å². The summed E-state index contributed by atoms with van der Waals surface area (Å²) in [7, 11) is 0. The van der Waals surface area contributed by atoms with Crippen LogP contribution < -0.4 is 14.8 Å². The van der Waals surface area contributed by atoms with Crippen molar-refractivity contribution in [3.63, 3.8) is 0 Å². The van der Waals surface area contributed by atoms with Gasteiger partial charge < -0.3 is 13.9 Å². The van der Waals surface area contributed by atoms with E-state index in [0.717, 1.165) is 5.76 Å². The van der Waals surface area contributed by atoms with Crippen LogP contribution in [-0.2, 0) is 0 Å². The molecule has 0 unspecified atom stereocenters. The predicted octanol–water partition coefficient (Wildman–Crippen LogP) is 3.74. The van der Waals surface area contributed by atoms with Crippen LogP contribution in [0, 0.1) is 6.92 Å². The Kier molecular flexibility index (Phi) is 3.70. The summed E-state index contributed by atoms with van der Waals surface area (Å²) in [5.41, 5.74) is 1.19. The Balaban J connectivity index is 1.51. The molecule has 3 heterocycles. The van der Waals surface area contributed by atoms with E-state index in [2.05, 4.69) is 10.3 Å². The summed E-state index contributed by atoms with van der Waals surface area (Å²) in [6.07, 6.45) is 0. The van der Waals surface area contributed by atoms with Crippen LogP contribution in [0.5, 0.6) is 11.5 Å². The fourth-order valence-corrected chi connectivity index (χ4v) is 3.07. The zero-order valence-electron chi connectivity index (χ0n) is 12.9. The van der Waals surface area contributed by atoms with E-state index in [1.54, 1.807) is 18.2 Å². The summed E-state index contributed by atoms with van der Waals surface area (Å²) in [6, 6.07) is 8.85. The van der Waals surface area contributed by atoms with Crippen molar-refractivity contribution in [3.8, 4) is 23.0 Å². The first kappa shape index (κ1) is 14.8. The van der Waals surface area contributed by atoms with Crippen molar-refractivity contribution in [1.29, 1.82) is 0 Å². The SMILES string of the molecule is Cc1ccc(-c2csc(NC(=O)c3ccc4c(c3)OCCO4)n2)o1. The molecule has 0 saturated carbocycles. The highest BCUT2D eigenvalue weighted by atomic mass is 32.1. The van der Waals surface area contributed by atoms with Crippen LogP contribution in [-0.4, -0.2) is 24.1 Å². The number of amides is 1. The quantitative estimate of drug-likeness (QED) is 0.785. The lowest BCUT2D eigenvalue weighted by Crippen LogP contribution is -2.17. The molecule has 0 fully saturated rings. The Morgan fingerprint density at radius 3 is 2.79 bits per heavy atom. The molecule has 1 aromatic carbocycles. The molecule has 0 saturated heterocycles. The number of thiazole rings is 1.